The zero-order chi connectivity index (χ0) is 10.2. The highest BCUT2D eigenvalue weighted by molar-refractivity contribution is 5.39. The van der Waals surface area contributed by atoms with Crippen molar-refractivity contribution < 1.29 is 9.84 Å². The van der Waals surface area contributed by atoms with E-state index in [1.807, 2.05) is 26.0 Å². The molecular formula is C12H16O2. The van der Waals surface area contributed by atoms with Crippen LogP contribution in [0.2, 0.25) is 0 Å². The minimum Gasteiger partial charge on any atom is -0.386 e. The first-order chi connectivity index (χ1) is 6.59. The van der Waals surface area contributed by atoms with E-state index in [-0.39, 0.29) is 0 Å². The smallest absolute Gasteiger partial charge is 0.0843 e. The minimum atomic E-state index is -0.747. The van der Waals surface area contributed by atoms with Crippen molar-refractivity contribution in [3.8, 4) is 0 Å². The number of ether oxygens (including phenoxy) is 1. The summed E-state index contributed by atoms with van der Waals surface area (Å²) in [5.74, 6) is 0. The Morgan fingerprint density at radius 2 is 2.14 bits per heavy atom. The van der Waals surface area contributed by atoms with Crippen molar-refractivity contribution in [1.29, 1.82) is 0 Å². The SMILES string of the molecule is CC(C)(O)c1cccc2c1CCOC2. The average Bonchev–Trinajstić information content (AvgIpc) is 2.15. The highest BCUT2D eigenvalue weighted by atomic mass is 16.5. The maximum absolute atomic E-state index is 10.0. The third kappa shape index (κ3) is 1.68. The summed E-state index contributed by atoms with van der Waals surface area (Å²) in [6.07, 6.45) is 0.912. The van der Waals surface area contributed by atoms with Crippen LogP contribution in [0.25, 0.3) is 0 Å². The molecule has 0 bridgehead atoms. The first-order valence-corrected chi connectivity index (χ1v) is 5.00. The second-order valence-corrected chi connectivity index (χ2v) is 4.30. The van der Waals surface area contributed by atoms with Gasteiger partial charge in [0.05, 0.1) is 18.8 Å². The molecule has 0 radical (unpaired) electrons. The molecule has 1 aromatic carbocycles. The van der Waals surface area contributed by atoms with Gasteiger partial charge in [-0.05, 0) is 37.0 Å². The van der Waals surface area contributed by atoms with Crippen molar-refractivity contribution in [2.24, 2.45) is 0 Å². The molecule has 2 rings (SSSR count). The van der Waals surface area contributed by atoms with Crippen molar-refractivity contribution in [2.75, 3.05) is 6.61 Å². The van der Waals surface area contributed by atoms with Crippen LogP contribution < -0.4 is 0 Å². The highest BCUT2D eigenvalue weighted by Crippen LogP contribution is 2.28. The molecule has 2 nitrogen and oxygen atoms in total. The molecule has 2 heteroatoms. The first kappa shape index (κ1) is 9.69. The molecule has 0 atom stereocenters. The zero-order valence-corrected chi connectivity index (χ0v) is 8.71. The Morgan fingerprint density at radius 3 is 2.86 bits per heavy atom. The number of benzene rings is 1. The Balaban J connectivity index is 2.51. The van der Waals surface area contributed by atoms with Gasteiger partial charge in [0.1, 0.15) is 0 Å². The number of aliphatic hydroxyl groups is 1. The highest BCUT2D eigenvalue weighted by Gasteiger charge is 2.22. The van der Waals surface area contributed by atoms with E-state index >= 15 is 0 Å². The van der Waals surface area contributed by atoms with Crippen LogP contribution in [0.4, 0.5) is 0 Å². The summed E-state index contributed by atoms with van der Waals surface area (Å²) in [6.45, 7) is 5.11. The summed E-state index contributed by atoms with van der Waals surface area (Å²) < 4.78 is 5.38. The molecule has 0 unspecified atom stereocenters. The van der Waals surface area contributed by atoms with E-state index in [0.717, 1.165) is 18.6 Å². The predicted octanol–water partition coefficient (Wildman–Crippen LogP) is 1.99. The van der Waals surface area contributed by atoms with Crippen molar-refractivity contribution in [2.45, 2.75) is 32.5 Å². The third-order valence-corrected chi connectivity index (χ3v) is 2.69. The molecule has 1 aromatic rings. The van der Waals surface area contributed by atoms with Crippen molar-refractivity contribution in [1.82, 2.24) is 0 Å². The molecule has 0 aliphatic carbocycles. The Morgan fingerprint density at radius 1 is 1.36 bits per heavy atom. The Hall–Kier alpha value is -0.860. The van der Waals surface area contributed by atoms with Gasteiger partial charge in [-0.1, -0.05) is 18.2 Å². The number of hydrogen-bond acceptors (Lipinski definition) is 2. The molecule has 0 saturated heterocycles. The maximum Gasteiger partial charge on any atom is 0.0843 e. The lowest BCUT2D eigenvalue weighted by molar-refractivity contribution is 0.0727. The van der Waals surface area contributed by atoms with Crippen LogP contribution in [-0.2, 0) is 23.4 Å². The van der Waals surface area contributed by atoms with Crippen LogP contribution in [0.3, 0.4) is 0 Å². The van der Waals surface area contributed by atoms with Gasteiger partial charge in [0.2, 0.25) is 0 Å². The van der Waals surface area contributed by atoms with Gasteiger partial charge in [-0.2, -0.15) is 0 Å². The molecule has 0 spiro atoms. The van der Waals surface area contributed by atoms with Gasteiger partial charge in [0, 0.05) is 0 Å². The maximum atomic E-state index is 10.0. The number of rotatable bonds is 1. The monoisotopic (exact) mass is 192 g/mol. The van der Waals surface area contributed by atoms with Crippen molar-refractivity contribution >= 4 is 0 Å². The van der Waals surface area contributed by atoms with E-state index < -0.39 is 5.60 Å². The van der Waals surface area contributed by atoms with E-state index in [0.29, 0.717) is 6.61 Å². The molecule has 0 amide bonds. The van der Waals surface area contributed by atoms with Gasteiger partial charge < -0.3 is 9.84 Å². The van der Waals surface area contributed by atoms with E-state index in [1.54, 1.807) is 0 Å². The average molecular weight is 192 g/mol. The van der Waals surface area contributed by atoms with E-state index in [4.69, 9.17) is 4.74 Å². The van der Waals surface area contributed by atoms with Crippen LogP contribution in [0.15, 0.2) is 18.2 Å². The van der Waals surface area contributed by atoms with Crippen molar-refractivity contribution in [3.05, 3.63) is 34.9 Å². The summed E-state index contributed by atoms with van der Waals surface area (Å²) in [5.41, 5.74) is 2.78. The zero-order valence-electron chi connectivity index (χ0n) is 8.71. The van der Waals surface area contributed by atoms with Gasteiger partial charge in [0.15, 0.2) is 0 Å². The molecular weight excluding hydrogens is 176 g/mol. The summed E-state index contributed by atoms with van der Waals surface area (Å²) in [6, 6.07) is 6.06. The van der Waals surface area contributed by atoms with Crippen molar-refractivity contribution in [3.63, 3.8) is 0 Å². The lowest BCUT2D eigenvalue weighted by Crippen LogP contribution is -2.22. The van der Waals surface area contributed by atoms with Gasteiger partial charge >= 0.3 is 0 Å². The predicted molar refractivity (Wildman–Crippen MR) is 55.0 cm³/mol. The molecule has 1 aliphatic rings. The summed E-state index contributed by atoms with van der Waals surface area (Å²) >= 11 is 0. The topological polar surface area (TPSA) is 29.5 Å². The van der Waals surface area contributed by atoms with Gasteiger partial charge in [-0.25, -0.2) is 0 Å². The third-order valence-electron chi connectivity index (χ3n) is 2.69. The number of fused-ring (bicyclic) bond motifs is 1. The Labute approximate surface area is 84.5 Å². The fraction of sp³-hybridized carbons (Fsp3) is 0.500. The van der Waals surface area contributed by atoms with Crippen LogP contribution >= 0.6 is 0 Å². The fourth-order valence-electron chi connectivity index (χ4n) is 1.99. The lowest BCUT2D eigenvalue weighted by atomic mass is 9.88. The van der Waals surface area contributed by atoms with Crippen LogP contribution in [0.5, 0.6) is 0 Å². The van der Waals surface area contributed by atoms with Gasteiger partial charge in [0.25, 0.3) is 0 Å². The lowest BCUT2D eigenvalue weighted by Gasteiger charge is -2.26. The first-order valence-electron chi connectivity index (χ1n) is 5.00. The minimum absolute atomic E-state index is 0.680. The van der Waals surface area contributed by atoms with Crippen LogP contribution in [0, 0.1) is 0 Å². The molecule has 0 fully saturated rings. The molecule has 0 saturated carbocycles. The normalized spacial score (nSPS) is 16.5. The molecule has 1 aliphatic heterocycles. The Bertz CT molecular complexity index is 337. The molecule has 1 heterocycles. The largest absolute Gasteiger partial charge is 0.386 e. The fourth-order valence-corrected chi connectivity index (χ4v) is 1.99. The summed E-state index contributed by atoms with van der Waals surface area (Å²) in [7, 11) is 0. The Kier molecular flexibility index (Phi) is 2.33. The molecule has 0 aromatic heterocycles. The second kappa shape index (κ2) is 3.37. The van der Waals surface area contributed by atoms with Gasteiger partial charge in [-0.3, -0.25) is 0 Å². The summed E-state index contributed by atoms with van der Waals surface area (Å²) in [5, 5.41) is 10.0. The van der Waals surface area contributed by atoms with Crippen LogP contribution in [-0.4, -0.2) is 11.7 Å². The molecule has 1 N–H and O–H groups in total. The van der Waals surface area contributed by atoms with E-state index in [2.05, 4.69) is 6.07 Å². The van der Waals surface area contributed by atoms with E-state index in [9.17, 15) is 5.11 Å². The van der Waals surface area contributed by atoms with Gasteiger partial charge in [-0.15, -0.1) is 0 Å². The molecule has 76 valence electrons. The standard InChI is InChI=1S/C12H16O2/c1-12(2,13)11-5-3-4-9-8-14-7-6-10(9)11/h3-5,13H,6-8H2,1-2H3. The summed E-state index contributed by atoms with van der Waals surface area (Å²) in [4.78, 5) is 0. The second-order valence-electron chi connectivity index (χ2n) is 4.30. The van der Waals surface area contributed by atoms with Crippen LogP contribution in [0.1, 0.15) is 30.5 Å². The number of hydrogen-bond donors (Lipinski definition) is 1. The van der Waals surface area contributed by atoms with E-state index in [1.165, 1.54) is 11.1 Å². The molecule has 14 heavy (non-hydrogen) atoms. The quantitative estimate of drug-likeness (QED) is 0.737.